The SMILES string of the molecule is CCN(CC)C(C(=O)N1CCCC1c1ncc(-c2ccc(-c3ncc(-c4cnc([C@@H]5CCCN5C(=O)[C@@](C)(OC(N)=O)C(C)C)[nH]4)cn3)cc2)[nH]1)c1ccccc1. The molecule has 0 bridgehead atoms. The zero-order valence-electron chi connectivity index (χ0n) is 33.3. The number of carbonyl (C=O) groups excluding carboxylic acids is 3. The summed E-state index contributed by atoms with van der Waals surface area (Å²) in [7, 11) is 0. The normalized spacial score (nSPS) is 18.6. The van der Waals surface area contributed by atoms with Crippen molar-refractivity contribution in [2.45, 2.75) is 84.0 Å². The van der Waals surface area contributed by atoms with E-state index in [1.807, 2.05) is 79.5 Å². The maximum absolute atomic E-state index is 14.2. The zero-order valence-corrected chi connectivity index (χ0v) is 33.3. The number of benzene rings is 2. The molecule has 2 saturated heterocycles. The zero-order chi connectivity index (χ0) is 40.3. The van der Waals surface area contributed by atoms with Crippen LogP contribution in [0.5, 0.6) is 0 Å². The number of rotatable bonds is 13. The van der Waals surface area contributed by atoms with E-state index in [0.717, 1.165) is 78.2 Å². The number of carbonyl (C=O) groups is 3. The molecule has 298 valence electrons. The van der Waals surface area contributed by atoms with Crippen molar-refractivity contribution in [3.05, 3.63) is 96.6 Å². The van der Waals surface area contributed by atoms with Crippen LogP contribution in [0.15, 0.2) is 79.4 Å². The van der Waals surface area contributed by atoms with Gasteiger partial charge in [0.2, 0.25) is 5.91 Å². The highest BCUT2D eigenvalue weighted by Gasteiger charge is 2.47. The second-order valence-electron chi connectivity index (χ2n) is 15.3. The van der Waals surface area contributed by atoms with Crippen LogP contribution in [-0.4, -0.2) is 94.3 Å². The van der Waals surface area contributed by atoms with Gasteiger partial charge in [-0.3, -0.25) is 14.5 Å². The lowest BCUT2D eigenvalue weighted by molar-refractivity contribution is -0.155. The number of nitrogens with one attached hydrogen (secondary N) is 2. The first-order valence-corrected chi connectivity index (χ1v) is 19.9. The molecular formula is C43H52N10O4. The number of primary amides is 1. The molecule has 4 atom stereocenters. The highest BCUT2D eigenvalue weighted by atomic mass is 16.6. The molecule has 5 aromatic rings. The maximum Gasteiger partial charge on any atom is 0.405 e. The monoisotopic (exact) mass is 772 g/mol. The van der Waals surface area contributed by atoms with Gasteiger partial charge in [-0.1, -0.05) is 82.3 Å². The van der Waals surface area contributed by atoms with Gasteiger partial charge in [0.15, 0.2) is 11.4 Å². The van der Waals surface area contributed by atoms with Crippen LogP contribution >= 0.6 is 0 Å². The number of imidazole rings is 2. The number of aromatic nitrogens is 6. The lowest BCUT2D eigenvalue weighted by Gasteiger charge is -2.36. The minimum atomic E-state index is -1.38. The molecule has 0 saturated carbocycles. The van der Waals surface area contributed by atoms with E-state index in [2.05, 4.69) is 43.7 Å². The molecule has 2 unspecified atom stereocenters. The molecule has 14 nitrogen and oxygen atoms in total. The molecule has 5 heterocycles. The first-order valence-electron chi connectivity index (χ1n) is 19.9. The summed E-state index contributed by atoms with van der Waals surface area (Å²) in [6, 6.07) is 17.3. The Labute approximate surface area is 333 Å². The summed E-state index contributed by atoms with van der Waals surface area (Å²) in [6.45, 7) is 12.3. The Balaban J connectivity index is 1.02. The molecular weight excluding hydrogens is 721 g/mol. The fourth-order valence-corrected chi connectivity index (χ4v) is 8.12. The molecule has 57 heavy (non-hydrogen) atoms. The van der Waals surface area contributed by atoms with E-state index in [4.69, 9.17) is 15.5 Å². The average Bonchev–Trinajstić information content (AvgIpc) is 4.07. The van der Waals surface area contributed by atoms with Crippen LogP contribution in [0.3, 0.4) is 0 Å². The van der Waals surface area contributed by atoms with Crippen LogP contribution in [0.1, 0.15) is 95.6 Å². The number of likely N-dealkylation sites (tertiary alicyclic amines) is 2. The van der Waals surface area contributed by atoms with Gasteiger partial charge in [0.25, 0.3) is 5.91 Å². The van der Waals surface area contributed by atoms with E-state index in [-0.39, 0.29) is 35.9 Å². The van der Waals surface area contributed by atoms with Gasteiger partial charge >= 0.3 is 6.09 Å². The molecule has 3 amide bonds. The van der Waals surface area contributed by atoms with Gasteiger partial charge < -0.3 is 30.2 Å². The molecule has 4 N–H and O–H groups in total. The Bertz CT molecular complexity index is 2160. The van der Waals surface area contributed by atoms with Gasteiger partial charge in [-0.15, -0.1) is 0 Å². The number of nitrogens with zero attached hydrogens (tertiary/aromatic N) is 7. The third-order valence-corrected chi connectivity index (χ3v) is 11.7. The van der Waals surface area contributed by atoms with Crippen LogP contribution in [0.4, 0.5) is 4.79 Å². The number of likely N-dealkylation sites (N-methyl/N-ethyl adjacent to an activating group) is 1. The molecule has 0 aliphatic carbocycles. The lowest BCUT2D eigenvalue weighted by Crippen LogP contribution is -2.53. The predicted molar refractivity (Wildman–Crippen MR) is 216 cm³/mol. The summed E-state index contributed by atoms with van der Waals surface area (Å²) < 4.78 is 5.35. The number of nitrogens with two attached hydrogens (primary N) is 1. The third-order valence-electron chi connectivity index (χ3n) is 11.7. The average molecular weight is 773 g/mol. The summed E-state index contributed by atoms with van der Waals surface area (Å²) in [5, 5.41) is 0. The van der Waals surface area contributed by atoms with Crippen molar-refractivity contribution < 1.29 is 19.1 Å². The smallest absolute Gasteiger partial charge is 0.405 e. The second kappa shape index (κ2) is 16.7. The molecule has 0 radical (unpaired) electrons. The summed E-state index contributed by atoms with van der Waals surface area (Å²) in [4.78, 5) is 71.1. The minimum Gasteiger partial charge on any atom is -0.433 e. The van der Waals surface area contributed by atoms with Crippen molar-refractivity contribution in [2.24, 2.45) is 11.7 Å². The van der Waals surface area contributed by atoms with Gasteiger partial charge in [-0.2, -0.15) is 0 Å². The highest BCUT2D eigenvalue weighted by Crippen LogP contribution is 2.37. The van der Waals surface area contributed by atoms with Crippen molar-refractivity contribution in [1.82, 2.24) is 44.6 Å². The number of hydrogen-bond acceptors (Lipinski definition) is 9. The predicted octanol–water partition coefficient (Wildman–Crippen LogP) is 6.84. The number of hydrogen-bond donors (Lipinski definition) is 3. The molecule has 2 aliphatic rings. The van der Waals surface area contributed by atoms with E-state index < -0.39 is 11.7 Å². The number of amides is 3. The number of aromatic amines is 2. The lowest BCUT2D eigenvalue weighted by atomic mass is 9.90. The fourth-order valence-electron chi connectivity index (χ4n) is 8.12. The first-order chi connectivity index (χ1) is 27.5. The van der Waals surface area contributed by atoms with E-state index in [9.17, 15) is 14.4 Å². The number of ether oxygens (including phenoxy) is 1. The quantitative estimate of drug-likeness (QED) is 0.116. The van der Waals surface area contributed by atoms with Crippen LogP contribution in [0.2, 0.25) is 0 Å². The van der Waals surface area contributed by atoms with Gasteiger partial charge in [0.1, 0.15) is 17.7 Å². The summed E-state index contributed by atoms with van der Waals surface area (Å²) in [5.41, 5.74) is 9.15. The Morgan fingerprint density at radius 1 is 0.789 bits per heavy atom. The molecule has 14 heteroatoms. The number of H-pyrrole nitrogens is 2. The third kappa shape index (κ3) is 7.91. The summed E-state index contributed by atoms with van der Waals surface area (Å²) in [6.07, 6.45) is 9.38. The molecule has 2 aromatic carbocycles. The van der Waals surface area contributed by atoms with E-state index >= 15 is 0 Å². The Morgan fingerprint density at radius 2 is 1.33 bits per heavy atom. The van der Waals surface area contributed by atoms with E-state index in [1.54, 1.807) is 30.4 Å². The molecule has 3 aromatic heterocycles. The van der Waals surface area contributed by atoms with Gasteiger partial charge in [0.05, 0.1) is 35.9 Å². The summed E-state index contributed by atoms with van der Waals surface area (Å²) in [5.74, 6) is 1.56. The Morgan fingerprint density at radius 3 is 1.89 bits per heavy atom. The fraction of sp³-hybridized carbons (Fsp3) is 0.419. The van der Waals surface area contributed by atoms with Crippen molar-refractivity contribution in [2.75, 3.05) is 26.2 Å². The molecule has 2 fully saturated rings. The second-order valence-corrected chi connectivity index (χ2v) is 15.3. The van der Waals surface area contributed by atoms with Crippen molar-refractivity contribution >= 4 is 17.9 Å². The van der Waals surface area contributed by atoms with E-state index in [1.165, 1.54) is 0 Å². The first kappa shape index (κ1) is 39.3. The van der Waals surface area contributed by atoms with Crippen LogP contribution in [0.25, 0.3) is 33.9 Å². The van der Waals surface area contributed by atoms with Gasteiger partial charge in [0, 0.05) is 42.5 Å². The van der Waals surface area contributed by atoms with Crippen LogP contribution in [-0.2, 0) is 14.3 Å². The molecule has 2 aliphatic heterocycles. The summed E-state index contributed by atoms with van der Waals surface area (Å²) >= 11 is 0. The van der Waals surface area contributed by atoms with Gasteiger partial charge in [-0.25, -0.2) is 24.7 Å². The topological polar surface area (TPSA) is 179 Å². The highest BCUT2D eigenvalue weighted by molar-refractivity contribution is 5.88. The Kier molecular flexibility index (Phi) is 11.5. The van der Waals surface area contributed by atoms with Crippen LogP contribution < -0.4 is 5.73 Å². The van der Waals surface area contributed by atoms with Crippen LogP contribution in [0, 0.1) is 5.92 Å². The molecule has 7 rings (SSSR count). The molecule has 0 spiro atoms. The largest absolute Gasteiger partial charge is 0.433 e. The van der Waals surface area contributed by atoms with E-state index in [0.29, 0.717) is 24.7 Å². The standard InChI is InChI=1S/C43H52N10O4/c1-6-51(7-2)36(29-13-9-8-10-14-29)40(54)52-21-11-15-34(52)38-47-25-32(49-38)28-17-19-30(20-18-28)37-45-23-31(24-46-37)33-26-48-39(50-33)35-16-12-22-53(35)41(55)43(5,27(3)4)57-42(44)56/h8-10,13-14,17-20,23-27,34-36H,6-7,11-12,15-16,21-22H2,1-5H3,(H2,44,56)(H,47,49)(H,48,50)/t34?,35-,36?,43-/m0/s1. The van der Waals surface area contributed by atoms with Crippen molar-refractivity contribution in [1.29, 1.82) is 0 Å². The Hall–Kier alpha value is -5.89. The minimum absolute atomic E-state index is 0.115. The van der Waals surface area contributed by atoms with Crippen molar-refractivity contribution in [3.63, 3.8) is 0 Å². The van der Waals surface area contributed by atoms with Crippen molar-refractivity contribution in [3.8, 4) is 33.9 Å². The maximum atomic E-state index is 14.2. The van der Waals surface area contributed by atoms with Gasteiger partial charge in [-0.05, 0) is 56.8 Å².